The van der Waals surface area contributed by atoms with Gasteiger partial charge in [-0.15, -0.1) is 0 Å². The minimum absolute atomic E-state index is 0.122. The third kappa shape index (κ3) is 1.66. The normalized spacial score (nSPS) is 19.9. The van der Waals surface area contributed by atoms with Crippen molar-refractivity contribution >= 4 is 33.0 Å². The van der Waals surface area contributed by atoms with Crippen LogP contribution in [0, 0.1) is 0 Å². The number of Topliss-reactive ketones (excluding diaryl/α,β-unsaturated/α-hetero) is 1. The predicted molar refractivity (Wildman–Crippen MR) is 59.8 cm³/mol. The molecule has 0 atom stereocenters. The smallest absolute Gasteiger partial charge is 0.196 e. The second kappa shape index (κ2) is 3.76. The first-order valence-corrected chi connectivity index (χ1v) is 6.36. The summed E-state index contributed by atoms with van der Waals surface area (Å²) in [7, 11) is 0. The molecule has 0 saturated heterocycles. The first-order valence-electron chi connectivity index (χ1n) is 4.62. The summed E-state index contributed by atoms with van der Waals surface area (Å²) in [6, 6.07) is 0. The minimum Gasteiger partial charge on any atom is -0.382 e. The lowest BCUT2D eigenvalue weighted by atomic mass is 9.93. The first kappa shape index (κ1) is 10.3. The van der Waals surface area contributed by atoms with Gasteiger partial charge in [-0.3, -0.25) is 4.79 Å². The number of thiophene rings is 1. The molecule has 1 aliphatic carbocycles. The third-order valence-electron chi connectivity index (χ3n) is 2.71. The molecule has 1 fully saturated rings. The average molecular weight is 275 g/mol. The van der Waals surface area contributed by atoms with Crippen LogP contribution in [-0.2, 0) is 0 Å². The van der Waals surface area contributed by atoms with Crippen molar-refractivity contribution in [1.82, 2.24) is 0 Å². The van der Waals surface area contributed by atoms with Crippen LogP contribution >= 0.6 is 27.3 Å². The Morgan fingerprint density at radius 1 is 1.43 bits per heavy atom. The molecular weight excluding hydrogens is 264 g/mol. The van der Waals surface area contributed by atoms with Gasteiger partial charge >= 0.3 is 0 Å². The van der Waals surface area contributed by atoms with Crippen molar-refractivity contribution in [2.75, 3.05) is 0 Å². The summed E-state index contributed by atoms with van der Waals surface area (Å²) in [5.41, 5.74) is -0.469. The van der Waals surface area contributed by atoms with E-state index in [9.17, 15) is 9.90 Å². The molecule has 0 spiro atoms. The second-order valence-corrected chi connectivity index (χ2v) is 5.30. The van der Waals surface area contributed by atoms with Crippen LogP contribution in [0.5, 0.6) is 0 Å². The van der Waals surface area contributed by atoms with Gasteiger partial charge in [0, 0.05) is 20.8 Å². The topological polar surface area (TPSA) is 37.3 Å². The molecular formula is C10H11BrO2S. The Balaban J connectivity index is 2.28. The van der Waals surface area contributed by atoms with Gasteiger partial charge in [0.1, 0.15) is 5.60 Å². The number of carbonyl (C=O) groups excluding carboxylic acids is 1. The molecule has 76 valence electrons. The van der Waals surface area contributed by atoms with Crippen molar-refractivity contribution < 1.29 is 9.90 Å². The zero-order chi connectivity index (χ0) is 10.2. The van der Waals surface area contributed by atoms with Crippen molar-refractivity contribution in [3.63, 3.8) is 0 Å². The van der Waals surface area contributed by atoms with E-state index in [1.54, 1.807) is 5.38 Å². The summed E-state index contributed by atoms with van der Waals surface area (Å²) in [5.74, 6) is -0.122. The highest BCUT2D eigenvalue weighted by Crippen LogP contribution is 2.35. The van der Waals surface area contributed by atoms with E-state index in [1.165, 1.54) is 11.3 Å². The van der Waals surface area contributed by atoms with Crippen molar-refractivity contribution in [1.29, 1.82) is 0 Å². The molecule has 0 bridgehead atoms. The third-order valence-corrected chi connectivity index (χ3v) is 4.42. The second-order valence-electron chi connectivity index (χ2n) is 3.70. The van der Waals surface area contributed by atoms with Crippen LogP contribution < -0.4 is 0 Å². The van der Waals surface area contributed by atoms with Crippen LogP contribution in [0.2, 0.25) is 0 Å². The van der Waals surface area contributed by atoms with Crippen molar-refractivity contribution in [2.45, 2.75) is 31.3 Å². The molecule has 1 heterocycles. The van der Waals surface area contributed by atoms with Crippen LogP contribution in [-0.4, -0.2) is 16.5 Å². The highest BCUT2D eigenvalue weighted by molar-refractivity contribution is 9.10. The molecule has 0 amide bonds. The molecule has 1 saturated carbocycles. The SMILES string of the molecule is O=C(c1cscc1Br)C1(O)CCCC1. The van der Waals surface area contributed by atoms with Crippen LogP contribution in [0.1, 0.15) is 36.0 Å². The van der Waals surface area contributed by atoms with E-state index >= 15 is 0 Å². The number of hydrogen-bond donors (Lipinski definition) is 1. The van der Waals surface area contributed by atoms with Gasteiger partial charge in [0.2, 0.25) is 0 Å². The largest absolute Gasteiger partial charge is 0.382 e. The summed E-state index contributed by atoms with van der Waals surface area (Å²) in [6.07, 6.45) is 3.11. The average Bonchev–Trinajstić information content (AvgIpc) is 2.74. The number of carbonyl (C=O) groups is 1. The molecule has 14 heavy (non-hydrogen) atoms. The van der Waals surface area contributed by atoms with E-state index in [1.807, 2.05) is 5.38 Å². The number of ketones is 1. The Hall–Kier alpha value is -0.190. The standard InChI is InChI=1S/C10H11BrO2S/c11-8-6-14-5-7(8)9(12)10(13)3-1-2-4-10/h5-6,13H,1-4H2. The molecule has 1 N–H and O–H groups in total. The molecule has 4 heteroatoms. The quantitative estimate of drug-likeness (QED) is 0.842. The van der Waals surface area contributed by atoms with Crippen LogP contribution in [0.15, 0.2) is 15.2 Å². The summed E-state index contributed by atoms with van der Waals surface area (Å²) in [5, 5.41) is 13.8. The van der Waals surface area contributed by atoms with E-state index < -0.39 is 5.60 Å². The zero-order valence-electron chi connectivity index (χ0n) is 7.62. The lowest BCUT2D eigenvalue weighted by Gasteiger charge is -2.19. The number of aliphatic hydroxyl groups is 1. The van der Waals surface area contributed by atoms with E-state index in [-0.39, 0.29) is 5.78 Å². The summed E-state index contributed by atoms with van der Waals surface area (Å²) < 4.78 is 0.799. The lowest BCUT2D eigenvalue weighted by Crippen LogP contribution is -2.35. The first-order chi connectivity index (χ1) is 6.63. The fourth-order valence-electron chi connectivity index (χ4n) is 1.88. The van der Waals surface area contributed by atoms with Gasteiger partial charge < -0.3 is 5.11 Å². The molecule has 1 aliphatic rings. The zero-order valence-corrected chi connectivity index (χ0v) is 10.0. The maximum atomic E-state index is 12.0. The molecule has 0 unspecified atom stereocenters. The Kier molecular flexibility index (Phi) is 2.77. The van der Waals surface area contributed by atoms with E-state index in [2.05, 4.69) is 15.9 Å². The number of rotatable bonds is 2. The van der Waals surface area contributed by atoms with Gasteiger partial charge in [-0.05, 0) is 41.6 Å². The monoisotopic (exact) mass is 274 g/mol. The maximum absolute atomic E-state index is 12.0. The van der Waals surface area contributed by atoms with Crippen molar-refractivity contribution in [3.8, 4) is 0 Å². The molecule has 1 aromatic heterocycles. The summed E-state index contributed by atoms with van der Waals surface area (Å²) in [6.45, 7) is 0. The van der Waals surface area contributed by atoms with Crippen molar-refractivity contribution in [2.24, 2.45) is 0 Å². The Morgan fingerprint density at radius 2 is 2.07 bits per heavy atom. The molecule has 0 aromatic carbocycles. The van der Waals surface area contributed by atoms with E-state index in [0.717, 1.165) is 17.3 Å². The number of halogens is 1. The molecule has 0 aliphatic heterocycles. The van der Waals surface area contributed by atoms with Gasteiger partial charge in [-0.1, -0.05) is 0 Å². The van der Waals surface area contributed by atoms with Gasteiger partial charge in [0.15, 0.2) is 5.78 Å². The number of hydrogen-bond acceptors (Lipinski definition) is 3. The lowest BCUT2D eigenvalue weighted by molar-refractivity contribution is 0.0353. The van der Waals surface area contributed by atoms with Gasteiger partial charge in [0.25, 0.3) is 0 Å². The van der Waals surface area contributed by atoms with Gasteiger partial charge in [-0.2, -0.15) is 11.3 Å². The van der Waals surface area contributed by atoms with Crippen molar-refractivity contribution in [3.05, 3.63) is 20.8 Å². The predicted octanol–water partition coefficient (Wildman–Crippen LogP) is 3.00. The highest BCUT2D eigenvalue weighted by Gasteiger charge is 2.39. The summed E-state index contributed by atoms with van der Waals surface area (Å²) in [4.78, 5) is 12.0. The van der Waals surface area contributed by atoms with Gasteiger partial charge in [0.05, 0.1) is 0 Å². The molecule has 1 aromatic rings. The van der Waals surface area contributed by atoms with Crippen LogP contribution in [0.4, 0.5) is 0 Å². The maximum Gasteiger partial charge on any atom is 0.196 e. The van der Waals surface area contributed by atoms with E-state index in [4.69, 9.17) is 0 Å². The Bertz CT molecular complexity index is 353. The Labute approximate surface area is 95.1 Å². The van der Waals surface area contributed by atoms with Gasteiger partial charge in [-0.25, -0.2) is 0 Å². The minimum atomic E-state index is -1.09. The molecule has 2 rings (SSSR count). The summed E-state index contributed by atoms with van der Waals surface area (Å²) >= 11 is 4.79. The van der Waals surface area contributed by atoms with Crippen LogP contribution in [0.25, 0.3) is 0 Å². The highest BCUT2D eigenvalue weighted by atomic mass is 79.9. The molecule has 2 nitrogen and oxygen atoms in total. The van der Waals surface area contributed by atoms with Crippen LogP contribution in [0.3, 0.4) is 0 Å². The van der Waals surface area contributed by atoms with E-state index in [0.29, 0.717) is 18.4 Å². The Morgan fingerprint density at radius 3 is 2.57 bits per heavy atom. The fraction of sp³-hybridized carbons (Fsp3) is 0.500. The fourth-order valence-corrected chi connectivity index (χ4v) is 3.34. The molecule has 0 radical (unpaired) electrons.